The maximum absolute atomic E-state index is 12.7. The Kier molecular flexibility index (Phi) is 7.48. The van der Waals surface area contributed by atoms with Crippen molar-refractivity contribution in [3.05, 3.63) is 59.7 Å². The van der Waals surface area contributed by atoms with Gasteiger partial charge in [-0.25, -0.2) is 4.79 Å². The summed E-state index contributed by atoms with van der Waals surface area (Å²) >= 11 is 0. The highest BCUT2D eigenvalue weighted by Crippen LogP contribution is 2.44. The topological polar surface area (TPSA) is 105 Å². The van der Waals surface area contributed by atoms with Crippen molar-refractivity contribution in [2.45, 2.75) is 18.9 Å². The largest absolute Gasteiger partial charge is 0.481 e. The van der Waals surface area contributed by atoms with Crippen LogP contribution in [0.3, 0.4) is 0 Å². The molecule has 8 nitrogen and oxygen atoms in total. The quantitative estimate of drug-likeness (QED) is 0.621. The summed E-state index contributed by atoms with van der Waals surface area (Å²) < 4.78 is 10.6. The first-order chi connectivity index (χ1) is 15.3. The highest BCUT2D eigenvalue weighted by atomic mass is 16.5. The van der Waals surface area contributed by atoms with Gasteiger partial charge in [0.2, 0.25) is 5.91 Å². The summed E-state index contributed by atoms with van der Waals surface area (Å²) in [7, 11) is 2.91. The van der Waals surface area contributed by atoms with E-state index in [9.17, 15) is 14.4 Å². The molecule has 0 aromatic heterocycles. The van der Waals surface area contributed by atoms with Gasteiger partial charge in [-0.15, -0.1) is 0 Å². The zero-order valence-corrected chi connectivity index (χ0v) is 18.4. The molecule has 0 aliphatic heterocycles. The highest BCUT2D eigenvalue weighted by molar-refractivity contribution is 5.86. The molecule has 0 heterocycles. The number of alkyl carbamates (subject to hydrolysis) is 1. The smallest absolute Gasteiger partial charge is 0.407 e. The van der Waals surface area contributed by atoms with Gasteiger partial charge >= 0.3 is 12.1 Å². The third-order valence-corrected chi connectivity index (χ3v) is 5.61. The fourth-order valence-corrected chi connectivity index (χ4v) is 3.97. The van der Waals surface area contributed by atoms with Crippen LogP contribution in [-0.2, 0) is 19.1 Å². The van der Waals surface area contributed by atoms with E-state index in [4.69, 9.17) is 14.6 Å². The molecule has 0 radical (unpaired) electrons. The first-order valence-electron chi connectivity index (χ1n) is 10.4. The van der Waals surface area contributed by atoms with Crippen LogP contribution in [0.5, 0.6) is 0 Å². The van der Waals surface area contributed by atoms with Gasteiger partial charge in [0, 0.05) is 26.6 Å². The SMILES string of the molecule is COCC(NC(=O)OCC1c2ccccc2-c2ccccc21)C(=O)N(C)CC(C)C(=O)O. The van der Waals surface area contributed by atoms with Crippen molar-refractivity contribution in [3.8, 4) is 11.1 Å². The minimum Gasteiger partial charge on any atom is -0.481 e. The Bertz CT molecular complexity index is 946. The van der Waals surface area contributed by atoms with Gasteiger partial charge in [-0.1, -0.05) is 55.5 Å². The first kappa shape index (κ1) is 23.3. The second kappa shape index (κ2) is 10.3. The van der Waals surface area contributed by atoms with Crippen molar-refractivity contribution >= 4 is 18.0 Å². The number of carboxylic acid groups (broad SMARTS) is 1. The Morgan fingerprint density at radius 3 is 2.16 bits per heavy atom. The van der Waals surface area contributed by atoms with Crippen molar-refractivity contribution in [1.82, 2.24) is 10.2 Å². The van der Waals surface area contributed by atoms with E-state index in [0.717, 1.165) is 22.3 Å². The lowest BCUT2D eigenvalue weighted by Gasteiger charge is -2.25. The fraction of sp³-hybridized carbons (Fsp3) is 0.375. The average Bonchev–Trinajstić information content (AvgIpc) is 3.10. The van der Waals surface area contributed by atoms with Crippen LogP contribution in [0, 0.1) is 5.92 Å². The molecule has 2 unspecified atom stereocenters. The minimum absolute atomic E-state index is 0.0146. The molecular formula is C24H28N2O6. The number of ether oxygens (including phenoxy) is 2. The molecule has 1 aliphatic rings. The number of hydrogen-bond acceptors (Lipinski definition) is 5. The maximum Gasteiger partial charge on any atom is 0.407 e. The summed E-state index contributed by atoms with van der Waals surface area (Å²) in [6.45, 7) is 1.59. The number of likely N-dealkylation sites (N-methyl/N-ethyl adjacent to an activating group) is 1. The number of fused-ring (bicyclic) bond motifs is 3. The van der Waals surface area contributed by atoms with E-state index in [1.807, 2.05) is 36.4 Å². The van der Waals surface area contributed by atoms with Gasteiger partial charge in [0.15, 0.2) is 0 Å². The van der Waals surface area contributed by atoms with E-state index in [0.29, 0.717) is 0 Å². The number of aliphatic carboxylic acids is 1. The number of nitrogens with zero attached hydrogens (tertiary/aromatic N) is 1. The third kappa shape index (κ3) is 5.08. The van der Waals surface area contributed by atoms with Gasteiger partial charge in [0.1, 0.15) is 12.6 Å². The summed E-state index contributed by atoms with van der Waals surface area (Å²) in [5, 5.41) is 11.6. The van der Waals surface area contributed by atoms with E-state index in [-0.39, 0.29) is 25.7 Å². The summed E-state index contributed by atoms with van der Waals surface area (Å²) in [5.41, 5.74) is 4.43. The number of carbonyl (C=O) groups excluding carboxylic acids is 2. The molecule has 3 rings (SSSR count). The van der Waals surface area contributed by atoms with Crippen LogP contribution in [-0.4, -0.2) is 67.9 Å². The second-order valence-corrected chi connectivity index (χ2v) is 7.94. The molecule has 0 fully saturated rings. The number of rotatable bonds is 9. The van der Waals surface area contributed by atoms with Crippen molar-refractivity contribution in [2.24, 2.45) is 5.92 Å². The number of carboxylic acids is 1. The third-order valence-electron chi connectivity index (χ3n) is 5.61. The summed E-state index contributed by atoms with van der Waals surface area (Å²) in [6, 6.07) is 15.0. The highest BCUT2D eigenvalue weighted by Gasteiger charge is 2.30. The van der Waals surface area contributed by atoms with Crippen molar-refractivity contribution in [3.63, 3.8) is 0 Å². The Hall–Kier alpha value is -3.39. The van der Waals surface area contributed by atoms with Crippen LogP contribution in [0.1, 0.15) is 24.0 Å². The van der Waals surface area contributed by atoms with E-state index in [1.165, 1.54) is 26.0 Å². The molecule has 0 saturated carbocycles. The standard InChI is InChI=1S/C24H28N2O6/c1-15(23(28)29)12-26(2)22(27)21(14-31-3)25-24(30)32-13-20-18-10-6-4-8-16(18)17-9-5-7-11-19(17)20/h4-11,15,20-21H,12-14H2,1-3H3,(H,25,30)(H,28,29). The second-order valence-electron chi connectivity index (χ2n) is 7.94. The average molecular weight is 440 g/mol. The maximum atomic E-state index is 12.7. The van der Waals surface area contributed by atoms with E-state index < -0.39 is 29.9 Å². The Balaban J connectivity index is 1.64. The molecule has 2 atom stereocenters. The Labute approximate surface area is 187 Å². The Morgan fingerprint density at radius 2 is 1.62 bits per heavy atom. The lowest BCUT2D eigenvalue weighted by Crippen LogP contribution is -2.51. The predicted octanol–water partition coefficient (Wildman–Crippen LogP) is 2.72. The van der Waals surface area contributed by atoms with Crippen molar-refractivity contribution < 1.29 is 29.0 Å². The molecule has 2 aromatic rings. The number of nitrogens with one attached hydrogen (secondary N) is 1. The normalized spacial score (nSPS) is 14.1. The minimum atomic E-state index is -1.00. The van der Waals surface area contributed by atoms with Crippen LogP contribution < -0.4 is 5.32 Å². The number of carbonyl (C=O) groups is 3. The molecule has 0 saturated heterocycles. The molecule has 2 N–H and O–H groups in total. The fourth-order valence-electron chi connectivity index (χ4n) is 3.97. The van der Waals surface area contributed by atoms with Crippen LogP contribution >= 0.6 is 0 Å². The molecule has 2 aromatic carbocycles. The van der Waals surface area contributed by atoms with Gasteiger partial charge in [0.25, 0.3) is 0 Å². The van der Waals surface area contributed by atoms with Crippen molar-refractivity contribution in [1.29, 1.82) is 0 Å². The van der Waals surface area contributed by atoms with Crippen LogP contribution in [0.2, 0.25) is 0 Å². The molecule has 1 aliphatic carbocycles. The zero-order valence-electron chi connectivity index (χ0n) is 18.4. The van der Waals surface area contributed by atoms with Crippen LogP contribution in [0.25, 0.3) is 11.1 Å². The number of amides is 2. The number of methoxy groups -OCH3 is 1. The predicted molar refractivity (Wildman–Crippen MR) is 118 cm³/mol. The molecule has 0 spiro atoms. The zero-order chi connectivity index (χ0) is 23.3. The summed E-state index contributed by atoms with van der Waals surface area (Å²) in [4.78, 5) is 37.5. The number of benzene rings is 2. The number of hydrogen-bond donors (Lipinski definition) is 2. The lowest BCUT2D eigenvalue weighted by atomic mass is 9.98. The summed E-state index contributed by atoms with van der Waals surface area (Å²) in [5.74, 6) is -2.28. The first-order valence-corrected chi connectivity index (χ1v) is 10.4. The molecule has 0 bridgehead atoms. The lowest BCUT2D eigenvalue weighted by molar-refractivity contribution is -0.143. The van der Waals surface area contributed by atoms with Gasteiger partial charge in [-0.2, -0.15) is 0 Å². The molecule has 170 valence electrons. The summed E-state index contributed by atoms with van der Waals surface area (Å²) in [6.07, 6.45) is -0.734. The van der Waals surface area contributed by atoms with Gasteiger partial charge in [0.05, 0.1) is 12.5 Å². The van der Waals surface area contributed by atoms with Crippen LogP contribution in [0.4, 0.5) is 4.79 Å². The molecule has 32 heavy (non-hydrogen) atoms. The van der Waals surface area contributed by atoms with E-state index >= 15 is 0 Å². The van der Waals surface area contributed by atoms with Gasteiger partial charge in [-0.05, 0) is 22.3 Å². The molecule has 2 amide bonds. The Morgan fingerprint density at radius 1 is 1.06 bits per heavy atom. The van der Waals surface area contributed by atoms with E-state index in [2.05, 4.69) is 17.4 Å². The van der Waals surface area contributed by atoms with Gasteiger partial charge < -0.3 is 24.8 Å². The van der Waals surface area contributed by atoms with E-state index in [1.54, 1.807) is 0 Å². The molecular weight excluding hydrogens is 412 g/mol. The van der Waals surface area contributed by atoms with Crippen LogP contribution in [0.15, 0.2) is 48.5 Å². The van der Waals surface area contributed by atoms with Crippen molar-refractivity contribution in [2.75, 3.05) is 33.9 Å². The monoisotopic (exact) mass is 440 g/mol. The van der Waals surface area contributed by atoms with Gasteiger partial charge in [-0.3, -0.25) is 9.59 Å². The molecule has 8 heteroatoms.